The van der Waals surface area contributed by atoms with Crippen molar-refractivity contribution in [3.63, 3.8) is 0 Å². The highest BCUT2D eigenvalue weighted by Crippen LogP contribution is 2.21. The van der Waals surface area contributed by atoms with Gasteiger partial charge in [0, 0.05) is 31.0 Å². The van der Waals surface area contributed by atoms with Crippen LogP contribution in [0.15, 0.2) is 24.9 Å². The number of amides is 2. The first-order valence-electron chi connectivity index (χ1n) is 8.87. The van der Waals surface area contributed by atoms with Gasteiger partial charge in [0.1, 0.15) is 5.56 Å². The van der Waals surface area contributed by atoms with Crippen LogP contribution in [0.1, 0.15) is 35.6 Å². The number of rotatable bonds is 3. The van der Waals surface area contributed by atoms with Crippen LogP contribution >= 0.6 is 0 Å². The lowest BCUT2D eigenvalue weighted by Crippen LogP contribution is -2.58. The summed E-state index contributed by atoms with van der Waals surface area (Å²) in [5, 5.41) is 4.31. The Morgan fingerprint density at radius 3 is 2.69 bits per heavy atom. The predicted octanol–water partition coefficient (Wildman–Crippen LogP) is 1.84. The molecule has 2 amide bonds. The van der Waals surface area contributed by atoms with Gasteiger partial charge >= 0.3 is 0 Å². The average molecular weight is 355 g/mol. The predicted molar refractivity (Wildman–Crippen MR) is 98.9 cm³/mol. The van der Waals surface area contributed by atoms with E-state index in [9.17, 15) is 9.59 Å². The van der Waals surface area contributed by atoms with Crippen molar-refractivity contribution in [1.29, 1.82) is 0 Å². The Morgan fingerprint density at radius 1 is 1.31 bits per heavy atom. The van der Waals surface area contributed by atoms with Gasteiger partial charge in [-0.15, -0.1) is 0 Å². The van der Waals surface area contributed by atoms with E-state index in [-0.39, 0.29) is 23.8 Å². The zero-order chi connectivity index (χ0) is 19.0. The minimum absolute atomic E-state index is 0.0310. The zero-order valence-electron chi connectivity index (χ0n) is 15.8. The lowest BCUT2D eigenvalue weighted by molar-refractivity contribution is -0.131. The topological polar surface area (TPSA) is 70.8 Å². The molecule has 1 fully saturated rings. The summed E-state index contributed by atoms with van der Waals surface area (Å²) in [6, 6.07) is 1.90. The fourth-order valence-corrected chi connectivity index (χ4v) is 3.55. The second-order valence-corrected chi connectivity index (χ2v) is 7.13. The van der Waals surface area contributed by atoms with Crippen LogP contribution < -0.4 is 0 Å². The molecular formula is C19H25N5O2. The fourth-order valence-electron chi connectivity index (χ4n) is 3.55. The number of carbonyl (C=O) groups excluding carboxylic acids is 2. The first kappa shape index (κ1) is 18.1. The Morgan fingerprint density at radius 2 is 2.04 bits per heavy atom. The highest BCUT2D eigenvalue weighted by molar-refractivity contribution is 6.00. The van der Waals surface area contributed by atoms with E-state index >= 15 is 0 Å². The normalized spacial score (nSPS) is 17.8. The summed E-state index contributed by atoms with van der Waals surface area (Å²) in [5.74, 6) is 0.0644. The minimum atomic E-state index is -0.0890. The molecule has 0 bridgehead atoms. The summed E-state index contributed by atoms with van der Waals surface area (Å²) in [7, 11) is 0. The Labute approximate surface area is 153 Å². The lowest BCUT2D eigenvalue weighted by atomic mass is 9.99. The summed E-state index contributed by atoms with van der Waals surface area (Å²) in [6.45, 7) is 13.0. The maximum Gasteiger partial charge on any atom is 0.259 e. The molecule has 3 heterocycles. The van der Waals surface area contributed by atoms with Gasteiger partial charge in [-0.25, -0.2) is 9.50 Å². The Balaban J connectivity index is 1.89. The van der Waals surface area contributed by atoms with Crippen LogP contribution in [0.3, 0.4) is 0 Å². The van der Waals surface area contributed by atoms with E-state index < -0.39 is 0 Å². The molecule has 0 aromatic carbocycles. The number of hydrogen-bond acceptors (Lipinski definition) is 4. The molecule has 0 radical (unpaired) electrons. The van der Waals surface area contributed by atoms with Gasteiger partial charge in [0.25, 0.3) is 5.91 Å². The molecule has 0 N–H and O–H groups in total. The van der Waals surface area contributed by atoms with Gasteiger partial charge < -0.3 is 9.80 Å². The van der Waals surface area contributed by atoms with Crippen molar-refractivity contribution in [3.05, 3.63) is 41.9 Å². The van der Waals surface area contributed by atoms with E-state index in [1.165, 1.54) is 6.08 Å². The van der Waals surface area contributed by atoms with Crippen LogP contribution in [0.5, 0.6) is 0 Å². The molecule has 2 aromatic rings. The van der Waals surface area contributed by atoms with Gasteiger partial charge in [-0.2, -0.15) is 5.10 Å². The molecule has 1 saturated heterocycles. The SMILES string of the molecule is C=CC(=O)N1CCN(C(=O)c2cnn3c(C)cc(C)nc23)C[C@@H]1C(C)C. The number of aryl methyl sites for hydroxylation is 2. The van der Waals surface area contributed by atoms with Crippen molar-refractivity contribution in [3.8, 4) is 0 Å². The molecule has 0 unspecified atom stereocenters. The molecular weight excluding hydrogens is 330 g/mol. The molecule has 0 saturated carbocycles. The lowest BCUT2D eigenvalue weighted by Gasteiger charge is -2.43. The molecule has 1 atom stereocenters. The van der Waals surface area contributed by atoms with Gasteiger partial charge in [-0.1, -0.05) is 20.4 Å². The highest BCUT2D eigenvalue weighted by atomic mass is 16.2. The van der Waals surface area contributed by atoms with Crippen molar-refractivity contribution < 1.29 is 9.59 Å². The van der Waals surface area contributed by atoms with Crippen molar-refractivity contribution in [1.82, 2.24) is 24.4 Å². The van der Waals surface area contributed by atoms with Crippen molar-refractivity contribution in [2.45, 2.75) is 33.7 Å². The summed E-state index contributed by atoms with van der Waals surface area (Å²) in [6.07, 6.45) is 2.93. The molecule has 0 aliphatic carbocycles. The van der Waals surface area contributed by atoms with E-state index in [0.29, 0.717) is 30.8 Å². The standard InChI is InChI=1S/C19H25N5O2/c1-6-17(25)23-8-7-22(11-16(23)12(2)3)19(26)15-10-20-24-14(5)9-13(4)21-18(15)24/h6,9-10,12,16H,1,7-8,11H2,2-5H3/t16-/m1/s1. The Bertz CT molecular complexity index is 870. The highest BCUT2D eigenvalue weighted by Gasteiger charge is 2.34. The van der Waals surface area contributed by atoms with Crippen LogP contribution in [0.4, 0.5) is 0 Å². The fraction of sp³-hybridized carbons (Fsp3) is 0.474. The van der Waals surface area contributed by atoms with Crippen LogP contribution in [0, 0.1) is 19.8 Å². The first-order valence-corrected chi connectivity index (χ1v) is 8.87. The van der Waals surface area contributed by atoms with Crippen LogP contribution in [-0.4, -0.2) is 61.9 Å². The summed E-state index contributed by atoms with van der Waals surface area (Å²) in [4.78, 5) is 33.3. The third-order valence-electron chi connectivity index (χ3n) is 4.94. The van der Waals surface area contributed by atoms with Crippen molar-refractivity contribution in [2.75, 3.05) is 19.6 Å². The maximum atomic E-state index is 13.1. The number of hydrogen-bond donors (Lipinski definition) is 0. The van der Waals surface area contributed by atoms with Gasteiger partial charge in [0.2, 0.25) is 5.91 Å². The van der Waals surface area contributed by atoms with E-state index in [4.69, 9.17) is 0 Å². The van der Waals surface area contributed by atoms with E-state index in [2.05, 4.69) is 30.5 Å². The second-order valence-electron chi connectivity index (χ2n) is 7.13. The third-order valence-corrected chi connectivity index (χ3v) is 4.94. The molecule has 7 nitrogen and oxygen atoms in total. The molecule has 1 aliphatic heterocycles. The number of aromatic nitrogens is 3. The molecule has 7 heteroatoms. The third kappa shape index (κ3) is 3.09. The number of piperazine rings is 1. The molecule has 2 aromatic heterocycles. The van der Waals surface area contributed by atoms with Crippen molar-refractivity contribution >= 4 is 17.5 Å². The Kier molecular flexibility index (Phi) is 4.80. The van der Waals surface area contributed by atoms with Crippen molar-refractivity contribution in [2.24, 2.45) is 5.92 Å². The largest absolute Gasteiger partial charge is 0.335 e. The number of carbonyl (C=O) groups is 2. The average Bonchev–Trinajstić information content (AvgIpc) is 3.03. The number of fused-ring (bicyclic) bond motifs is 1. The van der Waals surface area contributed by atoms with Gasteiger partial charge in [0.05, 0.1) is 12.2 Å². The first-order chi connectivity index (χ1) is 12.3. The maximum absolute atomic E-state index is 13.1. The summed E-state index contributed by atoms with van der Waals surface area (Å²) < 4.78 is 1.69. The van der Waals surface area contributed by atoms with Crippen LogP contribution in [0.2, 0.25) is 0 Å². The van der Waals surface area contributed by atoms with E-state index in [1.54, 1.807) is 15.6 Å². The van der Waals surface area contributed by atoms with Crippen LogP contribution in [0.25, 0.3) is 5.65 Å². The monoisotopic (exact) mass is 355 g/mol. The summed E-state index contributed by atoms with van der Waals surface area (Å²) in [5.41, 5.74) is 2.88. The Hall–Kier alpha value is -2.70. The van der Waals surface area contributed by atoms with Gasteiger partial charge in [-0.05, 0) is 31.9 Å². The van der Waals surface area contributed by atoms with Crippen LogP contribution in [-0.2, 0) is 4.79 Å². The molecule has 3 rings (SSSR count). The number of nitrogens with zero attached hydrogens (tertiary/aromatic N) is 5. The molecule has 26 heavy (non-hydrogen) atoms. The second kappa shape index (κ2) is 6.90. The molecule has 138 valence electrons. The quantitative estimate of drug-likeness (QED) is 0.788. The molecule has 1 aliphatic rings. The van der Waals surface area contributed by atoms with Gasteiger partial charge in [0.15, 0.2) is 5.65 Å². The van der Waals surface area contributed by atoms with Gasteiger partial charge in [-0.3, -0.25) is 9.59 Å². The zero-order valence-corrected chi connectivity index (χ0v) is 15.8. The smallest absolute Gasteiger partial charge is 0.259 e. The summed E-state index contributed by atoms with van der Waals surface area (Å²) >= 11 is 0. The minimum Gasteiger partial charge on any atom is -0.335 e. The van der Waals surface area contributed by atoms with E-state index in [0.717, 1.165) is 11.4 Å². The van der Waals surface area contributed by atoms with E-state index in [1.807, 2.05) is 24.8 Å². The molecule has 0 spiro atoms.